The first-order chi connectivity index (χ1) is 7.02. The van der Waals surface area contributed by atoms with Crippen LogP contribution < -0.4 is 10.8 Å². The van der Waals surface area contributed by atoms with Crippen LogP contribution in [0.1, 0.15) is 24.1 Å². The van der Waals surface area contributed by atoms with Gasteiger partial charge in [-0.15, -0.1) is 12.3 Å². The molecule has 1 aromatic rings. The molecule has 2 rings (SSSR count). The molecule has 82 valence electrons. The number of aliphatic hydroxyl groups excluding tert-OH is 1. The number of hydrogen-bond donors (Lipinski definition) is 2. The van der Waals surface area contributed by atoms with Crippen molar-refractivity contribution in [3.63, 3.8) is 0 Å². The van der Waals surface area contributed by atoms with Crippen LogP contribution in [0.15, 0.2) is 36.6 Å². The van der Waals surface area contributed by atoms with Crippen LogP contribution in [-0.4, -0.2) is 11.2 Å². The van der Waals surface area contributed by atoms with Gasteiger partial charge >= 0.3 is 0 Å². The Kier molecular flexibility index (Phi) is 3.88. The van der Waals surface area contributed by atoms with Gasteiger partial charge in [-0.1, -0.05) is 31.2 Å². The van der Waals surface area contributed by atoms with Gasteiger partial charge in [0.2, 0.25) is 0 Å². The van der Waals surface area contributed by atoms with Crippen LogP contribution in [0.5, 0.6) is 0 Å². The van der Waals surface area contributed by atoms with E-state index in [2.05, 4.69) is 18.4 Å². The number of quaternary nitrogens is 1. The monoisotopic (exact) mass is 207 g/mol. The zero-order valence-electron chi connectivity index (χ0n) is 8.94. The molecule has 1 aliphatic carbocycles. The first kappa shape index (κ1) is 11.8. The number of fused-ring (bicyclic) bond motifs is 1. The van der Waals surface area contributed by atoms with Gasteiger partial charge in [0.25, 0.3) is 0 Å². The van der Waals surface area contributed by atoms with E-state index < -0.39 is 0 Å². The maximum Gasteiger partial charge on any atom is 0.137 e. The van der Waals surface area contributed by atoms with Crippen molar-refractivity contribution in [1.82, 2.24) is 0 Å². The highest BCUT2D eigenvalue weighted by molar-refractivity contribution is 5.34. The van der Waals surface area contributed by atoms with E-state index in [-0.39, 0.29) is 17.9 Å². The maximum absolute atomic E-state index is 9.46. The van der Waals surface area contributed by atoms with Crippen LogP contribution in [0.3, 0.4) is 0 Å². The molecule has 1 aliphatic rings. The van der Waals surface area contributed by atoms with Crippen molar-refractivity contribution in [1.29, 1.82) is 0 Å². The van der Waals surface area contributed by atoms with E-state index in [1.54, 1.807) is 0 Å². The molecule has 1 aromatic carbocycles. The molecule has 4 N–H and O–H groups in total. The summed E-state index contributed by atoms with van der Waals surface area (Å²) in [5.74, 6) is -0.0833. The number of allylic oxidation sites excluding steroid dienone is 1. The molecule has 3 nitrogen and oxygen atoms in total. The highest BCUT2D eigenvalue weighted by Gasteiger charge is 2.30. The Labute approximate surface area is 89.9 Å². The van der Waals surface area contributed by atoms with Crippen LogP contribution in [0.2, 0.25) is 0 Å². The second-order valence-electron chi connectivity index (χ2n) is 3.78. The summed E-state index contributed by atoms with van der Waals surface area (Å²) in [6.45, 7) is 4.42. The molecule has 0 amide bonds. The molecule has 0 bridgehead atoms. The lowest BCUT2D eigenvalue weighted by molar-refractivity contribution is -0.441. The molecule has 0 fully saturated rings. The SMILES string of the molecule is C=C(C)[O-].[NH3+][C@H]1c2ccccc2C[C@H]1O. The Morgan fingerprint density at radius 1 is 1.53 bits per heavy atom. The zero-order chi connectivity index (χ0) is 11.4. The van der Waals surface area contributed by atoms with Crippen LogP contribution in [-0.2, 0) is 6.42 Å². The molecule has 0 saturated heterocycles. The number of benzene rings is 1. The van der Waals surface area contributed by atoms with E-state index in [0.717, 1.165) is 6.42 Å². The predicted molar refractivity (Wildman–Crippen MR) is 56.6 cm³/mol. The molecule has 0 spiro atoms. The van der Waals surface area contributed by atoms with Gasteiger partial charge < -0.3 is 15.9 Å². The van der Waals surface area contributed by atoms with E-state index in [1.165, 1.54) is 18.1 Å². The van der Waals surface area contributed by atoms with Crippen molar-refractivity contribution in [2.45, 2.75) is 25.5 Å². The third-order valence-electron chi connectivity index (χ3n) is 2.35. The van der Waals surface area contributed by atoms with Crippen molar-refractivity contribution in [2.24, 2.45) is 0 Å². The topological polar surface area (TPSA) is 70.9 Å². The summed E-state index contributed by atoms with van der Waals surface area (Å²) in [6.07, 6.45) is 0.497. The molecular weight excluding hydrogens is 190 g/mol. The van der Waals surface area contributed by atoms with Crippen molar-refractivity contribution in [3.8, 4) is 0 Å². The van der Waals surface area contributed by atoms with Crippen LogP contribution in [0, 0.1) is 0 Å². The Hall–Kier alpha value is -1.32. The first-order valence-electron chi connectivity index (χ1n) is 4.94. The molecule has 15 heavy (non-hydrogen) atoms. The van der Waals surface area contributed by atoms with E-state index in [9.17, 15) is 10.2 Å². The lowest BCUT2D eigenvalue weighted by Crippen LogP contribution is -2.57. The fourth-order valence-electron chi connectivity index (χ4n) is 1.66. The van der Waals surface area contributed by atoms with Gasteiger partial charge in [0.15, 0.2) is 0 Å². The fourth-order valence-corrected chi connectivity index (χ4v) is 1.66. The van der Waals surface area contributed by atoms with E-state index in [1.807, 2.05) is 18.2 Å². The van der Waals surface area contributed by atoms with Crippen molar-refractivity contribution in [2.75, 3.05) is 0 Å². The highest BCUT2D eigenvalue weighted by Crippen LogP contribution is 2.27. The molecule has 0 aliphatic heterocycles. The van der Waals surface area contributed by atoms with Crippen LogP contribution >= 0.6 is 0 Å². The Morgan fingerprint density at radius 2 is 2.07 bits per heavy atom. The Morgan fingerprint density at radius 3 is 2.60 bits per heavy atom. The summed E-state index contributed by atoms with van der Waals surface area (Å²) < 4.78 is 0. The normalized spacial score (nSPS) is 22.6. The van der Waals surface area contributed by atoms with Crippen molar-refractivity contribution < 1.29 is 15.9 Å². The first-order valence-corrected chi connectivity index (χ1v) is 4.94. The average molecular weight is 207 g/mol. The van der Waals surface area contributed by atoms with Gasteiger partial charge in [0.05, 0.1) is 0 Å². The van der Waals surface area contributed by atoms with E-state index >= 15 is 0 Å². The third-order valence-corrected chi connectivity index (χ3v) is 2.35. The number of aliphatic hydroxyl groups is 1. The maximum atomic E-state index is 9.46. The summed E-state index contributed by atoms with van der Waals surface area (Å²) in [7, 11) is 0. The lowest BCUT2D eigenvalue weighted by Gasteiger charge is -2.03. The minimum atomic E-state index is -0.271. The molecule has 0 aromatic heterocycles. The Balaban J connectivity index is 0.000000245. The summed E-state index contributed by atoms with van der Waals surface area (Å²) in [6, 6.07) is 8.18. The lowest BCUT2D eigenvalue weighted by atomic mass is 10.1. The predicted octanol–water partition coefficient (Wildman–Crippen LogP) is -0.233. The minimum Gasteiger partial charge on any atom is -0.876 e. The quantitative estimate of drug-likeness (QED) is 0.577. The van der Waals surface area contributed by atoms with E-state index in [4.69, 9.17) is 0 Å². The largest absolute Gasteiger partial charge is 0.876 e. The fraction of sp³-hybridized carbons (Fsp3) is 0.333. The zero-order valence-corrected chi connectivity index (χ0v) is 8.94. The summed E-state index contributed by atoms with van der Waals surface area (Å²) in [5, 5.41) is 18.8. The summed E-state index contributed by atoms with van der Waals surface area (Å²) in [4.78, 5) is 0. The molecular formula is C12H17NO2. The number of rotatable bonds is 0. The highest BCUT2D eigenvalue weighted by atomic mass is 16.3. The average Bonchev–Trinajstić information content (AvgIpc) is 2.43. The third kappa shape index (κ3) is 3.08. The van der Waals surface area contributed by atoms with Crippen LogP contribution in [0.4, 0.5) is 0 Å². The molecule has 0 heterocycles. The van der Waals surface area contributed by atoms with Crippen molar-refractivity contribution >= 4 is 0 Å². The molecule has 0 radical (unpaired) electrons. The second kappa shape index (κ2) is 4.96. The van der Waals surface area contributed by atoms with Gasteiger partial charge in [0.1, 0.15) is 12.1 Å². The summed E-state index contributed by atoms with van der Waals surface area (Å²) in [5.41, 5.74) is 6.37. The summed E-state index contributed by atoms with van der Waals surface area (Å²) >= 11 is 0. The molecule has 2 atom stereocenters. The van der Waals surface area contributed by atoms with Gasteiger partial charge in [-0.25, -0.2) is 0 Å². The smallest absolute Gasteiger partial charge is 0.137 e. The van der Waals surface area contributed by atoms with Gasteiger partial charge in [-0.05, 0) is 5.56 Å². The number of hydrogen-bond acceptors (Lipinski definition) is 2. The van der Waals surface area contributed by atoms with Crippen LogP contribution in [0.25, 0.3) is 0 Å². The molecule has 0 unspecified atom stereocenters. The van der Waals surface area contributed by atoms with Gasteiger partial charge in [-0.2, -0.15) is 0 Å². The standard InChI is InChI=1S/C9H11NO.C3H6O/c10-9-7-4-2-1-3-6(7)5-8(9)11;1-3(2)4/h1-4,8-9,11H,5,10H2;4H,1H2,2H3/t8-,9+;/m1./s1. The van der Waals surface area contributed by atoms with Gasteiger partial charge in [-0.3, -0.25) is 0 Å². The second-order valence-corrected chi connectivity index (χ2v) is 3.78. The Bertz CT molecular complexity index is 345. The van der Waals surface area contributed by atoms with E-state index in [0.29, 0.717) is 0 Å². The molecule has 0 saturated carbocycles. The minimum absolute atomic E-state index is 0.0752. The van der Waals surface area contributed by atoms with Gasteiger partial charge in [0, 0.05) is 12.0 Å². The molecule has 3 heteroatoms. The van der Waals surface area contributed by atoms with Crippen molar-refractivity contribution in [3.05, 3.63) is 47.7 Å².